The minimum atomic E-state index is -6.33. The van der Waals surface area contributed by atoms with Crippen LogP contribution in [0.25, 0.3) is 11.4 Å². The third-order valence-electron chi connectivity index (χ3n) is 8.63. The summed E-state index contributed by atoms with van der Waals surface area (Å²) < 4.78 is 137. The second-order valence-corrected chi connectivity index (χ2v) is 13.2. The average molecular weight is 658 g/mol. The van der Waals surface area contributed by atoms with Crippen molar-refractivity contribution >= 4 is 15.5 Å². The maximum absolute atomic E-state index is 15.0. The Morgan fingerprint density at radius 2 is 1.53 bits per heavy atom. The molecule has 4 aromatic rings. The van der Waals surface area contributed by atoms with E-state index in [0.29, 0.717) is 29.2 Å². The highest BCUT2D eigenvalue weighted by Crippen LogP contribution is 2.57. The molecule has 3 aromatic carbocycles. The van der Waals surface area contributed by atoms with Gasteiger partial charge in [0.1, 0.15) is 10.6 Å². The standard InChI is InChI=1S/C29H23F8N5O2S/c1-41-39-25(38-40-41)17-2-8-21(9-3-17)42-15-14-26(45(43,44)22-10-6-20(30)7-11-22)23-12-5-19(16-18(23)4-13-24(26)42)27(31,28(32,33)34)29(35,36)37/h2-3,5-12,16,24H,4,13-15H2,1H3/t24-,26-/m1/s1. The molecule has 16 heteroatoms. The lowest BCUT2D eigenvalue weighted by molar-refractivity contribution is -0.348. The van der Waals surface area contributed by atoms with Gasteiger partial charge in [0.15, 0.2) is 9.84 Å². The van der Waals surface area contributed by atoms with Crippen molar-refractivity contribution in [2.45, 2.75) is 53.0 Å². The third-order valence-corrected chi connectivity index (χ3v) is 11.2. The zero-order valence-corrected chi connectivity index (χ0v) is 24.1. The highest BCUT2D eigenvalue weighted by atomic mass is 32.2. The molecule has 0 bridgehead atoms. The molecule has 1 fully saturated rings. The fourth-order valence-corrected chi connectivity index (χ4v) is 8.93. The Kier molecular flexibility index (Phi) is 7.02. The monoisotopic (exact) mass is 657 g/mol. The first-order valence-electron chi connectivity index (χ1n) is 13.6. The van der Waals surface area contributed by atoms with Crippen molar-refractivity contribution in [2.75, 3.05) is 11.4 Å². The van der Waals surface area contributed by atoms with Gasteiger partial charge in [-0.25, -0.2) is 17.2 Å². The smallest absolute Gasteiger partial charge is 0.367 e. The van der Waals surface area contributed by atoms with Crippen molar-refractivity contribution in [2.24, 2.45) is 7.05 Å². The molecule has 0 N–H and O–H groups in total. The summed E-state index contributed by atoms with van der Waals surface area (Å²) in [4.78, 5) is 2.82. The molecule has 0 radical (unpaired) electrons. The Balaban J connectivity index is 1.49. The molecule has 6 rings (SSSR count). The van der Waals surface area contributed by atoms with Crippen LogP contribution in [0.3, 0.4) is 0 Å². The number of hydrogen-bond acceptors (Lipinski definition) is 6. The number of fused-ring (bicyclic) bond motifs is 3. The van der Waals surface area contributed by atoms with Crippen molar-refractivity contribution < 1.29 is 43.5 Å². The van der Waals surface area contributed by atoms with Gasteiger partial charge in [-0.15, -0.1) is 10.2 Å². The molecule has 0 amide bonds. The van der Waals surface area contributed by atoms with Crippen molar-refractivity contribution in [1.82, 2.24) is 20.2 Å². The third kappa shape index (κ3) is 4.58. The van der Waals surface area contributed by atoms with Crippen molar-refractivity contribution in [3.8, 4) is 11.4 Å². The summed E-state index contributed by atoms with van der Waals surface area (Å²) in [6, 6.07) is 11.7. The van der Waals surface area contributed by atoms with Crippen LogP contribution in [-0.2, 0) is 33.7 Å². The van der Waals surface area contributed by atoms with Gasteiger partial charge in [-0.1, -0.05) is 18.2 Å². The highest BCUT2D eigenvalue weighted by Gasteiger charge is 2.73. The molecule has 238 valence electrons. The summed E-state index contributed by atoms with van der Waals surface area (Å²) in [6.45, 7) is 0.146. The van der Waals surface area contributed by atoms with Gasteiger partial charge < -0.3 is 4.90 Å². The van der Waals surface area contributed by atoms with Crippen molar-refractivity contribution in [1.29, 1.82) is 0 Å². The molecule has 0 spiro atoms. The summed E-state index contributed by atoms with van der Waals surface area (Å²) in [7, 11) is -2.87. The zero-order chi connectivity index (χ0) is 32.6. The Morgan fingerprint density at radius 3 is 2.11 bits per heavy atom. The van der Waals surface area contributed by atoms with Gasteiger partial charge in [0.2, 0.25) is 5.82 Å². The topological polar surface area (TPSA) is 81.0 Å². The van der Waals surface area contributed by atoms with Crippen LogP contribution in [0.4, 0.5) is 40.8 Å². The summed E-state index contributed by atoms with van der Waals surface area (Å²) in [5, 5.41) is 11.9. The van der Waals surface area contributed by atoms with Crippen LogP contribution in [0.5, 0.6) is 0 Å². The molecule has 45 heavy (non-hydrogen) atoms. The van der Waals surface area contributed by atoms with E-state index in [9.17, 15) is 39.2 Å². The van der Waals surface area contributed by atoms with Gasteiger partial charge in [-0.2, -0.15) is 31.1 Å². The van der Waals surface area contributed by atoms with Gasteiger partial charge in [0.25, 0.3) is 0 Å². The van der Waals surface area contributed by atoms with Gasteiger partial charge in [0, 0.05) is 23.4 Å². The number of rotatable bonds is 5. The number of halogens is 8. The van der Waals surface area contributed by atoms with Crippen LogP contribution in [0.1, 0.15) is 29.5 Å². The predicted molar refractivity (Wildman–Crippen MR) is 145 cm³/mol. The van der Waals surface area contributed by atoms with E-state index in [-0.39, 0.29) is 41.8 Å². The minimum absolute atomic E-state index is 0.00165. The maximum Gasteiger partial charge on any atom is 0.435 e. The fourth-order valence-electron chi connectivity index (χ4n) is 6.56. The molecule has 1 aromatic heterocycles. The SMILES string of the molecule is Cn1nnc(-c2ccc(N3CC[C@@]4(S(=O)(=O)c5ccc(F)cc5)c5ccc(C(F)(C(F)(F)F)C(F)(F)F)cc5CC[C@@H]34)cc2)n1. The molecule has 1 saturated heterocycles. The maximum atomic E-state index is 15.0. The van der Waals surface area contributed by atoms with Gasteiger partial charge >= 0.3 is 18.0 Å². The number of aryl methyl sites for hydroxylation is 2. The molecule has 0 saturated carbocycles. The number of aromatic nitrogens is 4. The van der Waals surface area contributed by atoms with Crippen LogP contribution < -0.4 is 4.90 Å². The number of benzene rings is 3. The summed E-state index contributed by atoms with van der Waals surface area (Å²) in [5.41, 5.74) is -6.30. The lowest BCUT2D eigenvalue weighted by atomic mass is 9.76. The lowest BCUT2D eigenvalue weighted by Gasteiger charge is -2.43. The first-order valence-corrected chi connectivity index (χ1v) is 15.1. The first-order chi connectivity index (χ1) is 21.0. The Morgan fingerprint density at radius 1 is 0.889 bits per heavy atom. The second kappa shape index (κ2) is 10.2. The second-order valence-electron chi connectivity index (χ2n) is 11.0. The van der Waals surface area contributed by atoms with E-state index in [2.05, 4.69) is 15.4 Å². The largest absolute Gasteiger partial charge is 0.435 e. The minimum Gasteiger partial charge on any atom is -0.367 e. The molecule has 1 aliphatic heterocycles. The molecule has 2 atom stereocenters. The molecular weight excluding hydrogens is 634 g/mol. The quantitative estimate of drug-likeness (QED) is 0.188. The van der Waals surface area contributed by atoms with Crippen molar-refractivity contribution in [3.63, 3.8) is 0 Å². The van der Waals surface area contributed by atoms with E-state index in [1.807, 2.05) is 4.90 Å². The van der Waals surface area contributed by atoms with E-state index >= 15 is 4.39 Å². The van der Waals surface area contributed by atoms with Gasteiger partial charge in [-0.3, -0.25) is 0 Å². The van der Waals surface area contributed by atoms with E-state index in [4.69, 9.17) is 0 Å². The van der Waals surface area contributed by atoms with Crippen LogP contribution in [0.15, 0.2) is 71.6 Å². The predicted octanol–water partition coefficient (Wildman–Crippen LogP) is 6.20. The van der Waals surface area contributed by atoms with E-state index < -0.39 is 50.0 Å². The molecule has 0 unspecified atom stereocenters. The Bertz CT molecular complexity index is 1840. The van der Waals surface area contributed by atoms with Gasteiger partial charge in [-0.05, 0) is 84.1 Å². The van der Waals surface area contributed by atoms with Crippen LogP contribution in [-0.4, -0.2) is 53.6 Å². The van der Waals surface area contributed by atoms with Crippen LogP contribution >= 0.6 is 0 Å². The van der Waals surface area contributed by atoms with E-state index in [1.54, 1.807) is 31.3 Å². The number of nitrogens with zero attached hydrogens (tertiary/aromatic N) is 5. The zero-order valence-electron chi connectivity index (χ0n) is 23.2. The van der Waals surface area contributed by atoms with E-state index in [1.165, 1.54) is 4.80 Å². The number of anilines is 1. The molecule has 2 heterocycles. The molecule has 7 nitrogen and oxygen atoms in total. The van der Waals surface area contributed by atoms with Crippen LogP contribution in [0.2, 0.25) is 0 Å². The summed E-state index contributed by atoms with van der Waals surface area (Å²) in [5.74, 6) is -0.358. The van der Waals surface area contributed by atoms with Crippen molar-refractivity contribution in [3.05, 3.63) is 89.2 Å². The number of sulfone groups is 1. The normalized spacial score (nSPS) is 20.6. The summed E-state index contributed by atoms with van der Waals surface area (Å²) in [6.07, 6.45) is -12.9. The Labute approximate surface area is 251 Å². The fraction of sp³-hybridized carbons (Fsp3) is 0.345. The molecule has 2 aliphatic rings. The molecule has 1 aliphatic carbocycles. The number of hydrogen-bond donors (Lipinski definition) is 0. The lowest BCUT2D eigenvalue weighted by Crippen LogP contribution is -2.52. The number of tetrazole rings is 1. The van der Waals surface area contributed by atoms with E-state index in [0.717, 1.165) is 30.3 Å². The Hall–Kier alpha value is -4.08. The average Bonchev–Trinajstić information content (AvgIpc) is 3.60. The summed E-state index contributed by atoms with van der Waals surface area (Å²) >= 11 is 0. The van der Waals surface area contributed by atoms with Gasteiger partial charge in [0.05, 0.1) is 18.0 Å². The highest BCUT2D eigenvalue weighted by molar-refractivity contribution is 7.92. The number of alkyl halides is 7. The molecular formula is C29H23F8N5O2S. The van der Waals surface area contributed by atoms with Crippen LogP contribution in [0, 0.1) is 5.82 Å². The first kappa shape index (κ1) is 30.9.